The molecule has 2 heterocycles. The van der Waals surface area contributed by atoms with Gasteiger partial charge in [-0.3, -0.25) is 4.79 Å². The van der Waals surface area contributed by atoms with E-state index in [1.165, 1.54) is 54.3 Å². The lowest BCUT2D eigenvalue weighted by Gasteiger charge is -2.09. The van der Waals surface area contributed by atoms with Crippen LogP contribution in [0.5, 0.6) is 0 Å². The van der Waals surface area contributed by atoms with Crippen molar-refractivity contribution >= 4 is 38.5 Å². The van der Waals surface area contributed by atoms with Crippen LogP contribution >= 0.6 is 0 Å². The Balaban J connectivity index is 1.54. The number of amides is 1. The minimum atomic E-state index is -3.91. The smallest absolute Gasteiger partial charge is 0.272 e. The number of anilines is 2. The number of rotatable bonds is 5. The standard InChI is InChI=1S/C20H15F2N5O3S/c1-27-17-10-12(21)9-16(22)15(17)11-18(27)19(28)25-13-3-5-14(6-4-13)31(29,30)26-20-23-7-2-8-24-20/h2-11H,1H3,(H,25,28)(H,23,24,26). The van der Waals surface area contributed by atoms with Crippen molar-refractivity contribution < 1.29 is 22.0 Å². The lowest BCUT2D eigenvalue weighted by molar-refractivity contribution is 0.101. The number of aryl methyl sites for hydroxylation is 1. The number of hydrogen-bond donors (Lipinski definition) is 2. The second-order valence-corrected chi connectivity index (χ2v) is 8.25. The molecular formula is C20H15F2N5O3S. The maximum absolute atomic E-state index is 14.0. The summed E-state index contributed by atoms with van der Waals surface area (Å²) in [6.45, 7) is 0. The molecule has 0 aliphatic rings. The summed E-state index contributed by atoms with van der Waals surface area (Å²) in [6.07, 6.45) is 2.80. The molecule has 158 valence electrons. The summed E-state index contributed by atoms with van der Waals surface area (Å²) in [5.41, 5.74) is 0.661. The molecule has 0 bridgehead atoms. The summed E-state index contributed by atoms with van der Waals surface area (Å²) < 4.78 is 55.9. The summed E-state index contributed by atoms with van der Waals surface area (Å²) in [7, 11) is -2.40. The molecule has 2 aromatic carbocycles. The highest BCUT2D eigenvalue weighted by atomic mass is 32.2. The molecule has 4 aromatic rings. The average Bonchev–Trinajstić information content (AvgIpc) is 3.06. The van der Waals surface area contributed by atoms with E-state index in [9.17, 15) is 22.0 Å². The van der Waals surface area contributed by atoms with Gasteiger partial charge in [0.2, 0.25) is 5.95 Å². The summed E-state index contributed by atoms with van der Waals surface area (Å²) >= 11 is 0. The molecule has 0 aliphatic carbocycles. The Morgan fingerprint density at radius 1 is 1.03 bits per heavy atom. The number of nitrogens with one attached hydrogen (secondary N) is 2. The SMILES string of the molecule is Cn1c(C(=O)Nc2ccc(S(=O)(=O)Nc3ncccn3)cc2)cc2c(F)cc(F)cc21. The molecule has 31 heavy (non-hydrogen) atoms. The number of aromatic nitrogens is 3. The minimum Gasteiger partial charge on any atom is -0.339 e. The fraction of sp³-hybridized carbons (Fsp3) is 0.0500. The minimum absolute atomic E-state index is 0.0555. The van der Waals surface area contributed by atoms with Crippen LogP contribution in [0.15, 0.2) is 65.8 Å². The van der Waals surface area contributed by atoms with Gasteiger partial charge in [0.1, 0.15) is 17.3 Å². The van der Waals surface area contributed by atoms with Gasteiger partial charge in [0.05, 0.1) is 10.4 Å². The van der Waals surface area contributed by atoms with E-state index in [1.807, 2.05) is 0 Å². The third-order valence-electron chi connectivity index (χ3n) is 4.52. The van der Waals surface area contributed by atoms with E-state index in [2.05, 4.69) is 20.0 Å². The van der Waals surface area contributed by atoms with Crippen LogP contribution in [0.2, 0.25) is 0 Å². The van der Waals surface area contributed by atoms with E-state index in [0.717, 1.165) is 12.1 Å². The van der Waals surface area contributed by atoms with E-state index in [1.54, 1.807) is 6.07 Å². The van der Waals surface area contributed by atoms with E-state index >= 15 is 0 Å². The molecule has 0 atom stereocenters. The van der Waals surface area contributed by atoms with Crippen molar-refractivity contribution in [2.45, 2.75) is 4.90 Å². The maximum Gasteiger partial charge on any atom is 0.272 e. The first-order valence-electron chi connectivity index (χ1n) is 8.90. The van der Waals surface area contributed by atoms with Gasteiger partial charge in [0.15, 0.2) is 0 Å². The molecule has 1 amide bonds. The molecule has 0 spiro atoms. The predicted molar refractivity (Wildman–Crippen MR) is 110 cm³/mol. The predicted octanol–water partition coefficient (Wildman–Crippen LogP) is 3.30. The highest BCUT2D eigenvalue weighted by molar-refractivity contribution is 7.92. The number of carbonyl (C=O) groups excluding carboxylic acids is 1. The van der Waals surface area contributed by atoms with Gasteiger partial charge >= 0.3 is 0 Å². The summed E-state index contributed by atoms with van der Waals surface area (Å²) in [5.74, 6) is -2.15. The van der Waals surface area contributed by atoms with Crippen LogP contribution in [0.25, 0.3) is 10.9 Å². The zero-order chi connectivity index (χ0) is 22.2. The molecule has 0 radical (unpaired) electrons. The first-order valence-corrected chi connectivity index (χ1v) is 10.4. The average molecular weight is 443 g/mol. The number of fused-ring (bicyclic) bond motifs is 1. The maximum atomic E-state index is 14.0. The lowest BCUT2D eigenvalue weighted by Crippen LogP contribution is -2.16. The van der Waals surface area contributed by atoms with E-state index in [4.69, 9.17) is 0 Å². The van der Waals surface area contributed by atoms with Gasteiger partial charge in [-0.1, -0.05) is 0 Å². The molecule has 0 saturated carbocycles. The molecule has 8 nitrogen and oxygen atoms in total. The Kier molecular flexibility index (Phi) is 5.11. The third-order valence-corrected chi connectivity index (χ3v) is 5.87. The second kappa shape index (κ2) is 7.76. The number of sulfonamides is 1. The zero-order valence-corrected chi connectivity index (χ0v) is 16.8. The van der Waals surface area contributed by atoms with Crippen LogP contribution < -0.4 is 10.0 Å². The second-order valence-electron chi connectivity index (χ2n) is 6.57. The third kappa shape index (κ3) is 4.08. The molecule has 0 unspecified atom stereocenters. The van der Waals surface area contributed by atoms with Crippen LogP contribution in [-0.4, -0.2) is 28.9 Å². The Hall–Kier alpha value is -3.86. The van der Waals surface area contributed by atoms with Crippen LogP contribution in [0, 0.1) is 11.6 Å². The van der Waals surface area contributed by atoms with Gasteiger partial charge < -0.3 is 9.88 Å². The fourth-order valence-corrected chi connectivity index (χ4v) is 3.97. The lowest BCUT2D eigenvalue weighted by atomic mass is 10.2. The van der Waals surface area contributed by atoms with Gasteiger partial charge in [-0.15, -0.1) is 0 Å². The topological polar surface area (TPSA) is 106 Å². The summed E-state index contributed by atoms with van der Waals surface area (Å²) in [5, 5.41) is 2.72. The van der Waals surface area contributed by atoms with Gasteiger partial charge in [-0.25, -0.2) is 31.9 Å². The van der Waals surface area contributed by atoms with Gasteiger partial charge in [-0.2, -0.15) is 0 Å². The normalized spacial score (nSPS) is 11.5. The molecule has 11 heteroatoms. The number of carbonyl (C=O) groups is 1. The molecule has 0 aliphatic heterocycles. The van der Waals surface area contributed by atoms with Crippen LogP contribution in [0.4, 0.5) is 20.4 Å². The van der Waals surface area contributed by atoms with Crippen molar-refractivity contribution in [1.29, 1.82) is 0 Å². The van der Waals surface area contributed by atoms with Crippen molar-refractivity contribution in [1.82, 2.24) is 14.5 Å². The molecule has 4 rings (SSSR count). The molecule has 0 fully saturated rings. The van der Waals surface area contributed by atoms with Crippen molar-refractivity contribution in [3.8, 4) is 0 Å². The van der Waals surface area contributed by atoms with Crippen molar-refractivity contribution in [3.05, 3.63) is 78.3 Å². The first kappa shape index (κ1) is 20.4. The summed E-state index contributed by atoms with van der Waals surface area (Å²) in [6, 6.07) is 10.2. The molecule has 2 aromatic heterocycles. The molecular weight excluding hydrogens is 428 g/mol. The van der Waals surface area contributed by atoms with Gasteiger partial charge in [0, 0.05) is 36.6 Å². The molecule has 2 N–H and O–H groups in total. The fourth-order valence-electron chi connectivity index (χ4n) is 3.02. The van der Waals surface area contributed by atoms with Gasteiger partial charge in [0.25, 0.3) is 15.9 Å². The van der Waals surface area contributed by atoms with Crippen molar-refractivity contribution in [2.75, 3.05) is 10.0 Å². The number of halogens is 2. The van der Waals surface area contributed by atoms with E-state index in [0.29, 0.717) is 5.69 Å². The number of nitrogens with zero attached hydrogens (tertiary/aromatic N) is 3. The van der Waals surface area contributed by atoms with Crippen molar-refractivity contribution in [2.24, 2.45) is 7.05 Å². The van der Waals surface area contributed by atoms with Crippen LogP contribution in [0.3, 0.4) is 0 Å². The Morgan fingerprint density at radius 3 is 2.39 bits per heavy atom. The number of hydrogen-bond acceptors (Lipinski definition) is 5. The van der Waals surface area contributed by atoms with Crippen LogP contribution in [0.1, 0.15) is 10.5 Å². The Morgan fingerprint density at radius 2 is 1.71 bits per heavy atom. The van der Waals surface area contributed by atoms with E-state index in [-0.39, 0.29) is 27.4 Å². The Labute approximate surface area is 175 Å². The first-order chi connectivity index (χ1) is 14.7. The summed E-state index contributed by atoms with van der Waals surface area (Å²) in [4.78, 5) is 20.2. The monoisotopic (exact) mass is 443 g/mol. The van der Waals surface area contributed by atoms with Crippen LogP contribution in [-0.2, 0) is 17.1 Å². The highest BCUT2D eigenvalue weighted by Crippen LogP contribution is 2.24. The number of benzene rings is 2. The largest absolute Gasteiger partial charge is 0.339 e. The highest BCUT2D eigenvalue weighted by Gasteiger charge is 2.18. The quantitative estimate of drug-likeness (QED) is 0.492. The van der Waals surface area contributed by atoms with E-state index < -0.39 is 27.6 Å². The zero-order valence-electron chi connectivity index (χ0n) is 16.0. The molecule has 0 saturated heterocycles. The van der Waals surface area contributed by atoms with Crippen molar-refractivity contribution in [3.63, 3.8) is 0 Å². The van der Waals surface area contributed by atoms with Gasteiger partial charge in [-0.05, 0) is 42.5 Å². The Bertz CT molecular complexity index is 1390.